The van der Waals surface area contributed by atoms with Gasteiger partial charge in [-0.2, -0.15) is 10.1 Å². The lowest BCUT2D eigenvalue weighted by molar-refractivity contribution is 0.363. The summed E-state index contributed by atoms with van der Waals surface area (Å²) in [5.41, 5.74) is 1.87. The predicted molar refractivity (Wildman–Crippen MR) is 100 cm³/mol. The molecule has 0 radical (unpaired) electrons. The third-order valence-corrected chi connectivity index (χ3v) is 4.39. The van der Waals surface area contributed by atoms with Gasteiger partial charge < -0.3 is 4.52 Å². The van der Waals surface area contributed by atoms with Crippen LogP contribution in [0.15, 0.2) is 74.5 Å². The summed E-state index contributed by atoms with van der Waals surface area (Å²) in [7, 11) is 0. The van der Waals surface area contributed by atoms with E-state index in [1.54, 1.807) is 18.2 Å². The summed E-state index contributed by atoms with van der Waals surface area (Å²) in [6.07, 6.45) is 0. The molecular weight excluding hydrogens is 415 g/mol. The zero-order valence-electron chi connectivity index (χ0n) is 13.8. The molecule has 0 aliphatic heterocycles. The van der Waals surface area contributed by atoms with Crippen molar-refractivity contribution in [1.29, 1.82) is 0 Å². The maximum absolute atomic E-state index is 13.0. The van der Waals surface area contributed by atoms with Crippen molar-refractivity contribution >= 4 is 15.9 Å². The van der Waals surface area contributed by atoms with E-state index in [1.165, 1.54) is 22.9 Å². The Kier molecular flexibility index (Phi) is 4.64. The van der Waals surface area contributed by atoms with Gasteiger partial charge in [-0.25, -0.2) is 9.07 Å². The topological polar surface area (TPSA) is 73.8 Å². The molecule has 2 heterocycles. The van der Waals surface area contributed by atoms with Crippen LogP contribution in [0.25, 0.3) is 22.6 Å². The zero-order valence-corrected chi connectivity index (χ0v) is 15.4. The van der Waals surface area contributed by atoms with Crippen LogP contribution < -0.4 is 5.56 Å². The quantitative estimate of drug-likeness (QED) is 0.494. The van der Waals surface area contributed by atoms with Crippen molar-refractivity contribution in [3.63, 3.8) is 0 Å². The standard InChI is InChI=1S/C19H12BrFN4O2/c20-14-5-1-12(2-6-14)16-9-10-18(26)25(23-16)11-17-22-19(24-27-17)13-3-7-15(21)8-4-13/h1-10H,11H2. The number of hydrogen-bond acceptors (Lipinski definition) is 5. The van der Waals surface area contributed by atoms with E-state index in [2.05, 4.69) is 31.2 Å². The molecule has 0 saturated heterocycles. The van der Waals surface area contributed by atoms with Crippen molar-refractivity contribution in [2.75, 3.05) is 0 Å². The van der Waals surface area contributed by atoms with Gasteiger partial charge in [-0.05, 0) is 42.5 Å². The van der Waals surface area contributed by atoms with Crippen LogP contribution in [0.5, 0.6) is 0 Å². The van der Waals surface area contributed by atoms with Gasteiger partial charge in [0.15, 0.2) is 0 Å². The van der Waals surface area contributed by atoms with E-state index in [-0.39, 0.29) is 23.8 Å². The second-order valence-electron chi connectivity index (χ2n) is 5.74. The number of rotatable bonds is 4. The first-order chi connectivity index (χ1) is 13.1. The van der Waals surface area contributed by atoms with E-state index in [0.717, 1.165) is 10.0 Å². The van der Waals surface area contributed by atoms with Crippen molar-refractivity contribution in [2.24, 2.45) is 0 Å². The fourth-order valence-corrected chi connectivity index (χ4v) is 2.76. The number of hydrogen-bond donors (Lipinski definition) is 0. The van der Waals surface area contributed by atoms with E-state index in [0.29, 0.717) is 17.1 Å². The summed E-state index contributed by atoms with van der Waals surface area (Å²) in [6.45, 7) is 0.0391. The van der Waals surface area contributed by atoms with Gasteiger partial charge in [0.05, 0.1) is 5.69 Å². The molecule has 6 nitrogen and oxygen atoms in total. The SMILES string of the molecule is O=c1ccc(-c2ccc(Br)cc2)nn1Cc1nc(-c2ccc(F)cc2)no1. The van der Waals surface area contributed by atoms with Gasteiger partial charge in [0.2, 0.25) is 11.7 Å². The molecule has 0 atom stereocenters. The Hall–Kier alpha value is -3.13. The van der Waals surface area contributed by atoms with Crippen molar-refractivity contribution in [2.45, 2.75) is 6.54 Å². The molecule has 0 fully saturated rings. The first kappa shape index (κ1) is 17.3. The highest BCUT2D eigenvalue weighted by atomic mass is 79.9. The van der Waals surface area contributed by atoms with Crippen LogP contribution in [0.4, 0.5) is 4.39 Å². The first-order valence-corrected chi connectivity index (χ1v) is 8.80. The van der Waals surface area contributed by atoms with Gasteiger partial charge in [-0.3, -0.25) is 4.79 Å². The summed E-state index contributed by atoms with van der Waals surface area (Å²) in [5, 5.41) is 8.25. The molecule has 0 N–H and O–H groups in total. The van der Waals surface area contributed by atoms with E-state index >= 15 is 0 Å². The second kappa shape index (κ2) is 7.24. The van der Waals surface area contributed by atoms with E-state index in [4.69, 9.17) is 4.52 Å². The summed E-state index contributed by atoms with van der Waals surface area (Å²) < 4.78 is 20.5. The molecule has 0 saturated carbocycles. The second-order valence-corrected chi connectivity index (χ2v) is 6.66. The molecule has 0 amide bonds. The van der Waals surface area contributed by atoms with Crippen LogP contribution in [0.3, 0.4) is 0 Å². The van der Waals surface area contributed by atoms with Crippen LogP contribution >= 0.6 is 15.9 Å². The minimum absolute atomic E-state index is 0.0391. The Morgan fingerprint density at radius 3 is 2.41 bits per heavy atom. The predicted octanol–water partition coefficient (Wildman–Crippen LogP) is 3.91. The fourth-order valence-electron chi connectivity index (χ4n) is 2.50. The molecule has 134 valence electrons. The minimum Gasteiger partial charge on any atom is -0.337 e. The molecule has 0 spiro atoms. The smallest absolute Gasteiger partial charge is 0.267 e. The van der Waals surface area contributed by atoms with Crippen LogP contribution in [-0.2, 0) is 6.54 Å². The molecule has 2 aromatic heterocycles. The van der Waals surface area contributed by atoms with Crippen LogP contribution in [0, 0.1) is 5.82 Å². The lowest BCUT2D eigenvalue weighted by atomic mass is 10.1. The van der Waals surface area contributed by atoms with Crippen LogP contribution in [0.1, 0.15) is 5.89 Å². The number of aromatic nitrogens is 4. The highest BCUT2D eigenvalue weighted by molar-refractivity contribution is 9.10. The average molecular weight is 427 g/mol. The number of halogens is 2. The summed E-state index contributed by atoms with van der Waals surface area (Å²) >= 11 is 3.39. The van der Waals surface area contributed by atoms with E-state index < -0.39 is 0 Å². The Morgan fingerprint density at radius 1 is 0.963 bits per heavy atom. The summed E-state index contributed by atoms with van der Waals surface area (Å²) in [6, 6.07) is 16.5. The van der Waals surface area contributed by atoms with Crippen LogP contribution in [0.2, 0.25) is 0 Å². The maximum Gasteiger partial charge on any atom is 0.267 e. The minimum atomic E-state index is -0.344. The van der Waals surface area contributed by atoms with Gasteiger partial charge in [0.1, 0.15) is 12.4 Å². The van der Waals surface area contributed by atoms with E-state index in [1.807, 2.05) is 24.3 Å². The fraction of sp³-hybridized carbons (Fsp3) is 0.0526. The average Bonchev–Trinajstić information content (AvgIpc) is 3.13. The molecule has 0 aliphatic carbocycles. The van der Waals surface area contributed by atoms with Crippen LogP contribution in [-0.4, -0.2) is 19.9 Å². The number of benzene rings is 2. The van der Waals surface area contributed by atoms with Gasteiger partial charge >= 0.3 is 0 Å². The molecule has 0 unspecified atom stereocenters. The zero-order chi connectivity index (χ0) is 18.8. The molecule has 0 aliphatic rings. The molecular formula is C19H12BrFN4O2. The van der Waals surface area contributed by atoms with E-state index in [9.17, 15) is 9.18 Å². The molecule has 4 aromatic rings. The Morgan fingerprint density at radius 2 is 1.67 bits per heavy atom. The third kappa shape index (κ3) is 3.85. The van der Waals surface area contributed by atoms with Crippen molar-refractivity contribution in [1.82, 2.24) is 19.9 Å². The van der Waals surface area contributed by atoms with Crippen molar-refractivity contribution in [3.8, 4) is 22.6 Å². The highest BCUT2D eigenvalue weighted by Crippen LogP contribution is 2.19. The normalized spacial score (nSPS) is 10.9. The Bertz CT molecular complexity index is 1140. The molecule has 0 bridgehead atoms. The van der Waals surface area contributed by atoms with Crippen molar-refractivity contribution in [3.05, 3.63) is 87.2 Å². The summed E-state index contributed by atoms with van der Waals surface area (Å²) in [5.74, 6) is 0.210. The first-order valence-electron chi connectivity index (χ1n) is 8.01. The highest BCUT2D eigenvalue weighted by Gasteiger charge is 2.11. The van der Waals surface area contributed by atoms with Gasteiger partial charge in [-0.15, -0.1) is 0 Å². The van der Waals surface area contributed by atoms with Crippen molar-refractivity contribution < 1.29 is 8.91 Å². The van der Waals surface area contributed by atoms with Gasteiger partial charge in [0, 0.05) is 21.7 Å². The lowest BCUT2D eigenvalue weighted by Crippen LogP contribution is -2.23. The number of nitrogens with zero attached hydrogens (tertiary/aromatic N) is 4. The largest absolute Gasteiger partial charge is 0.337 e. The molecule has 4 rings (SSSR count). The maximum atomic E-state index is 13.0. The Labute approximate surface area is 161 Å². The van der Waals surface area contributed by atoms with Gasteiger partial charge in [0.25, 0.3) is 5.56 Å². The molecule has 8 heteroatoms. The summed E-state index contributed by atoms with van der Waals surface area (Å²) in [4.78, 5) is 16.4. The van der Waals surface area contributed by atoms with Gasteiger partial charge in [-0.1, -0.05) is 33.2 Å². The molecule has 2 aromatic carbocycles. The molecule has 27 heavy (non-hydrogen) atoms. The Balaban J connectivity index is 1.61. The monoisotopic (exact) mass is 426 g/mol. The third-order valence-electron chi connectivity index (χ3n) is 3.86. The lowest BCUT2D eigenvalue weighted by Gasteiger charge is -2.05.